The Morgan fingerprint density at radius 3 is 2.48 bits per heavy atom. The highest BCUT2D eigenvalue weighted by Crippen LogP contribution is 2.29. The maximum absolute atomic E-state index is 12.5. The summed E-state index contributed by atoms with van der Waals surface area (Å²) in [6.07, 6.45) is -3.63. The Balaban J connectivity index is 2.11. The molecule has 2 rings (SSSR count). The second-order valence-electron chi connectivity index (χ2n) is 4.44. The average molecular weight is 328 g/mol. The Bertz CT molecular complexity index is 708. The van der Waals surface area contributed by atoms with Crippen molar-refractivity contribution in [2.24, 2.45) is 0 Å². The first kappa shape index (κ1) is 16.5. The van der Waals surface area contributed by atoms with E-state index in [-0.39, 0.29) is 23.4 Å². The fraction of sp³-hybridized carbons (Fsp3) is 0.214. The number of aromatic nitrogens is 1. The predicted molar refractivity (Wildman–Crippen MR) is 71.6 cm³/mol. The van der Waals surface area contributed by atoms with Gasteiger partial charge in [0, 0.05) is 5.69 Å². The molecule has 1 aromatic carbocycles. The van der Waals surface area contributed by atoms with Gasteiger partial charge in [-0.2, -0.15) is 13.2 Å². The first-order valence-corrected chi connectivity index (χ1v) is 6.30. The van der Waals surface area contributed by atoms with E-state index < -0.39 is 23.6 Å². The lowest BCUT2D eigenvalue weighted by Crippen LogP contribution is -2.15. The van der Waals surface area contributed by atoms with Gasteiger partial charge in [0.1, 0.15) is 12.0 Å². The van der Waals surface area contributed by atoms with Gasteiger partial charge >= 0.3 is 12.1 Å². The van der Waals surface area contributed by atoms with Crippen LogP contribution in [-0.4, -0.2) is 24.1 Å². The van der Waals surface area contributed by atoms with E-state index in [4.69, 9.17) is 4.52 Å². The molecule has 0 spiro atoms. The van der Waals surface area contributed by atoms with Crippen LogP contribution in [0.25, 0.3) is 0 Å². The van der Waals surface area contributed by atoms with Gasteiger partial charge in [-0.05, 0) is 24.3 Å². The summed E-state index contributed by atoms with van der Waals surface area (Å²) in [4.78, 5) is 23.3. The number of carbonyl (C=O) groups excluding carboxylic acids is 2. The van der Waals surface area contributed by atoms with E-state index in [0.717, 1.165) is 30.5 Å². The van der Waals surface area contributed by atoms with Gasteiger partial charge in [0.05, 0.1) is 18.9 Å². The number of benzene rings is 1. The molecular weight excluding hydrogens is 317 g/mol. The smallest absolute Gasteiger partial charge is 0.416 e. The van der Waals surface area contributed by atoms with Crippen molar-refractivity contribution in [3.63, 3.8) is 0 Å². The van der Waals surface area contributed by atoms with Gasteiger partial charge in [-0.25, -0.2) is 0 Å². The highest BCUT2D eigenvalue weighted by molar-refractivity contribution is 6.05. The molecule has 0 saturated heterocycles. The summed E-state index contributed by atoms with van der Waals surface area (Å²) in [5, 5.41) is 5.82. The number of carbonyl (C=O) groups is 2. The third-order valence-corrected chi connectivity index (χ3v) is 2.89. The summed E-state index contributed by atoms with van der Waals surface area (Å²) in [5.41, 5.74) is -0.671. The van der Waals surface area contributed by atoms with Gasteiger partial charge in [-0.3, -0.25) is 9.59 Å². The van der Waals surface area contributed by atoms with E-state index in [1.807, 2.05) is 0 Å². The van der Waals surface area contributed by atoms with Crippen LogP contribution in [-0.2, 0) is 22.1 Å². The monoisotopic (exact) mass is 328 g/mol. The Hall–Kier alpha value is -2.84. The lowest BCUT2D eigenvalue weighted by molar-refractivity contribution is -0.140. The topological polar surface area (TPSA) is 81.4 Å². The Morgan fingerprint density at radius 1 is 1.26 bits per heavy atom. The number of alkyl halides is 3. The summed E-state index contributed by atoms with van der Waals surface area (Å²) in [6, 6.07) is 3.93. The average Bonchev–Trinajstić information content (AvgIpc) is 2.95. The van der Waals surface area contributed by atoms with Crippen molar-refractivity contribution in [2.45, 2.75) is 12.6 Å². The van der Waals surface area contributed by atoms with E-state index >= 15 is 0 Å². The van der Waals surface area contributed by atoms with Crippen LogP contribution in [0.5, 0.6) is 0 Å². The number of nitrogens with zero attached hydrogens (tertiary/aromatic N) is 1. The second kappa shape index (κ2) is 6.51. The number of halogens is 3. The van der Waals surface area contributed by atoms with Crippen LogP contribution < -0.4 is 5.32 Å². The minimum absolute atomic E-state index is 0.00117. The second-order valence-corrected chi connectivity index (χ2v) is 4.44. The molecule has 0 aliphatic rings. The first-order chi connectivity index (χ1) is 10.8. The number of methoxy groups -OCH3 is 1. The molecule has 1 amide bonds. The third kappa shape index (κ3) is 4.09. The maximum atomic E-state index is 12.5. The molecule has 0 unspecified atom stereocenters. The highest BCUT2D eigenvalue weighted by Gasteiger charge is 2.30. The third-order valence-electron chi connectivity index (χ3n) is 2.89. The SMILES string of the molecule is COC(=O)Cc1oncc1C(=O)Nc1ccc(C(F)(F)F)cc1. The fourth-order valence-corrected chi connectivity index (χ4v) is 1.72. The molecule has 0 bridgehead atoms. The number of rotatable bonds is 4. The molecule has 9 heteroatoms. The van der Waals surface area contributed by atoms with Crippen molar-refractivity contribution in [1.29, 1.82) is 0 Å². The summed E-state index contributed by atoms with van der Waals surface area (Å²) < 4.78 is 46.6. The van der Waals surface area contributed by atoms with E-state index in [1.54, 1.807) is 0 Å². The van der Waals surface area contributed by atoms with E-state index in [2.05, 4.69) is 15.2 Å². The fourth-order valence-electron chi connectivity index (χ4n) is 1.72. The summed E-state index contributed by atoms with van der Waals surface area (Å²) in [6.45, 7) is 0. The number of anilines is 1. The van der Waals surface area contributed by atoms with Gasteiger partial charge in [0.25, 0.3) is 5.91 Å². The largest absolute Gasteiger partial charge is 0.469 e. The Labute approximate surface area is 128 Å². The van der Waals surface area contributed by atoms with Crippen molar-refractivity contribution in [3.05, 3.63) is 47.3 Å². The van der Waals surface area contributed by atoms with Crippen LogP contribution in [0.2, 0.25) is 0 Å². The normalized spacial score (nSPS) is 11.1. The molecule has 122 valence electrons. The zero-order valence-corrected chi connectivity index (χ0v) is 11.8. The molecule has 0 atom stereocenters. The Kier molecular flexibility index (Phi) is 4.68. The number of hydrogen-bond donors (Lipinski definition) is 1. The van der Waals surface area contributed by atoms with Crippen molar-refractivity contribution in [1.82, 2.24) is 5.16 Å². The standard InChI is InChI=1S/C14H11F3N2O4/c1-22-12(20)6-11-10(7-18-23-11)13(21)19-9-4-2-8(3-5-9)14(15,16)17/h2-5,7H,6H2,1H3,(H,19,21). The van der Waals surface area contributed by atoms with Crippen molar-refractivity contribution >= 4 is 17.6 Å². The van der Waals surface area contributed by atoms with Gasteiger partial charge in [0.15, 0.2) is 5.76 Å². The first-order valence-electron chi connectivity index (χ1n) is 6.30. The predicted octanol–water partition coefficient (Wildman–Crippen LogP) is 2.66. The summed E-state index contributed by atoms with van der Waals surface area (Å²) in [7, 11) is 1.18. The maximum Gasteiger partial charge on any atom is 0.416 e. The zero-order chi connectivity index (χ0) is 17.0. The van der Waals surface area contributed by atoms with Gasteiger partial charge in [-0.15, -0.1) is 0 Å². The summed E-state index contributed by atoms with van der Waals surface area (Å²) in [5.74, 6) is -1.28. The van der Waals surface area contributed by atoms with Gasteiger partial charge in [-0.1, -0.05) is 5.16 Å². The molecule has 1 N–H and O–H groups in total. The molecule has 1 aromatic heterocycles. The van der Waals surface area contributed by atoms with Crippen LogP contribution in [0.4, 0.5) is 18.9 Å². The number of ether oxygens (including phenoxy) is 1. The zero-order valence-electron chi connectivity index (χ0n) is 11.8. The number of hydrogen-bond acceptors (Lipinski definition) is 5. The molecule has 0 radical (unpaired) electrons. The molecule has 0 saturated carbocycles. The quantitative estimate of drug-likeness (QED) is 0.873. The van der Waals surface area contributed by atoms with E-state index in [9.17, 15) is 22.8 Å². The van der Waals surface area contributed by atoms with Crippen LogP contribution in [0.1, 0.15) is 21.7 Å². The number of amides is 1. The van der Waals surface area contributed by atoms with Crippen LogP contribution >= 0.6 is 0 Å². The minimum Gasteiger partial charge on any atom is -0.469 e. The number of nitrogens with one attached hydrogen (secondary N) is 1. The molecule has 6 nitrogen and oxygen atoms in total. The minimum atomic E-state index is -4.45. The molecule has 0 aliphatic carbocycles. The lowest BCUT2D eigenvalue weighted by atomic mass is 10.1. The lowest BCUT2D eigenvalue weighted by Gasteiger charge is -2.08. The van der Waals surface area contributed by atoms with Crippen LogP contribution in [0.3, 0.4) is 0 Å². The van der Waals surface area contributed by atoms with E-state index in [1.165, 1.54) is 7.11 Å². The van der Waals surface area contributed by atoms with Gasteiger partial charge < -0.3 is 14.6 Å². The molecule has 0 fully saturated rings. The van der Waals surface area contributed by atoms with Crippen molar-refractivity contribution in [3.8, 4) is 0 Å². The Morgan fingerprint density at radius 2 is 1.91 bits per heavy atom. The summed E-state index contributed by atoms with van der Waals surface area (Å²) >= 11 is 0. The highest BCUT2D eigenvalue weighted by atomic mass is 19.4. The molecular formula is C14H11F3N2O4. The van der Waals surface area contributed by atoms with Crippen molar-refractivity contribution < 1.29 is 32.0 Å². The molecule has 2 aromatic rings. The van der Waals surface area contributed by atoms with Crippen LogP contribution in [0.15, 0.2) is 35.0 Å². The number of esters is 1. The molecule has 23 heavy (non-hydrogen) atoms. The van der Waals surface area contributed by atoms with E-state index in [0.29, 0.717) is 0 Å². The molecule has 0 aliphatic heterocycles. The van der Waals surface area contributed by atoms with Gasteiger partial charge in [0.2, 0.25) is 0 Å². The van der Waals surface area contributed by atoms with Crippen molar-refractivity contribution in [2.75, 3.05) is 12.4 Å². The van der Waals surface area contributed by atoms with Crippen LogP contribution in [0, 0.1) is 0 Å². The molecule has 1 heterocycles.